The number of amides is 1. The third-order valence-electron chi connectivity index (χ3n) is 3.17. The number of nitrogens with zero attached hydrogens (tertiary/aromatic N) is 3. The Balaban J connectivity index is 2.26. The van der Waals surface area contributed by atoms with E-state index in [2.05, 4.69) is 23.8 Å². The SMILES string of the molecule is Cc1ccc(N(C)C(=O)c2cccc(C(C)C)n2)cn1. The van der Waals surface area contributed by atoms with E-state index in [1.54, 1.807) is 24.2 Å². The van der Waals surface area contributed by atoms with Gasteiger partial charge in [0, 0.05) is 18.4 Å². The van der Waals surface area contributed by atoms with Crippen molar-refractivity contribution in [3.8, 4) is 0 Å². The van der Waals surface area contributed by atoms with Crippen LogP contribution in [0.5, 0.6) is 0 Å². The molecule has 0 aromatic carbocycles. The molecule has 0 radical (unpaired) electrons. The third-order valence-corrected chi connectivity index (χ3v) is 3.17. The molecular weight excluding hydrogens is 250 g/mol. The maximum atomic E-state index is 12.4. The highest BCUT2D eigenvalue weighted by Gasteiger charge is 2.16. The van der Waals surface area contributed by atoms with Crippen LogP contribution in [0.15, 0.2) is 36.5 Å². The molecule has 2 aromatic rings. The van der Waals surface area contributed by atoms with Crippen LogP contribution in [-0.4, -0.2) is 22.9 Å². The number of hydrogen-bond donors (Lipinski definition) is 0. The van der Waals surface area contributed by atoms with Crippen LogP contribution in [0.25, 0.3) is 0 Å². The van der Waals surface area contributed by atoms with Crippen LogP contribution in [0.1, 0.15) is 41.6 Å². The monoisotopic (exact) mass is 269 g/mol. The molecule has 20 heavy (non-hydrogen) atoms. The number of aromatic nitrogens is 2. The molecule has 2 heterocycles. The van der Waals surface area contributed by atoms with Gasteiger partial charge in [-0.3, -0.25) is 9.78 Å². The Morgan fingerprint density at radius 2 is 1.95 bits per heavy atom. The summed E-state index contributed by atoms with van der Waals surface area (Å²) in [6, 6.07) is 9.32. The molecule has 4 nitrogen and oxygen atoms in total. The predicted octanol–water partition coefficient (Wildman–Crippen LogP) is 3.19. The summed E-state index contributed by atoms with van der Waals surface area (Å²) in [5, 5.41) is 0. The number of hydrogen-bond acceptors (Lipinski definition) is 3. The molecular formula is C16H19N3O. The highest BCUT2D eigenvalue weighted by molar-refractivity contribution is 6.04. The number of rotatable bonds is 3. The Morgan fingerprint density at radius 3 is 2.55 bits per heavy atom. The first-order valence-corrected chi connectivity index (χ1v) is 6.66. The van der Waals surface area contributed by atoms with Crippen molar-refractivity contribution in [3.05, 3.63) is 53.6 Å². The van der Waals surface area contributed by atoms with Gasteiger partial charge in [-0.1, -0.05) is 19.9 Å². The van der Waals surface area contributed by atoms with E-state index in [4.69, 9.17) is 0 Å². The Kier molecular flexibility index (Phi) is 4.13. The van der Waals surface area contributed by atoms with Gasteiger partial charge in [0.05, 0.1) is 11.9 Å². The van der Waals surface area contributed by atoms with Gasteiger partial charge in [0.25, 0.3) is 5.91 Å². The van der Waals surface area contributed by atoms with Gasteiger partial charge in [0.1, 0.15) is 5.69 Å². The van der Waals surface area contributed by atoms with Crippen molar-refractivity contribution >= 4 is 11.6 Å². The molecule has 0 unspecified atom stereocenters. The van der Waals surface area contributed by atoms with Crippen LogP contribution in [0, 0.1) is 6.92 Å². The lowest BCUT2D eigenvalue weighted by molar-refractivity contribution is 0.0988. The van der Waals surface area contributed by atoms with E-state index < -0.39 is 0 Å². The van der Waals surface area contributed by atoms with Gasteiger partial charge in [-0.2, -0.15) is 0 Å². The van der Waals surface area contributed by atoms with Gasteiger partial charge in [0.15, 0.2) is 0 Å². The molecule has 1 amide bonds. The summed E-state index contributed by atoms with van der Waals surface area (Å²) in [5.74, 6) is 0.173. The number of carbonyl (C=O) groups is 1. The molecule has 104 valence electrons. The maximum absolute atomic E-state index is 12.4. The molecule has 0 saturated carbocycles. The largest absolute Gasteiger partial charge is 0.309 e. The van der Waals surface area contributed by atoms with Gasteiger partial charge in [-0.05, 0) is 37.1 Å². The molecule has 2 rings (SSSR count). The molecule has 0 saturated heterocycles. The Labute approximate surface area is 119 Å². The Hall–Kier alpha value is -2.23. The summed E-state index contributed by atoms with van der Waals surface area (Å²) in [5.41, 5.74) is 3.07. The van der Waals surface area contributed by atoms with Crippen LogP contribution in [0.4, 0.5) is 5.69 Å². The number of carbonyl (C=O) groups excluding carboxylic acids is 1. The van der Waals surface area contributed by atoms with Crippen molar-refractivity contribution in [1.29, 1.82) is 0 Å². The first-order chi connectivity index (χ1) is 9.49. The highest BCUT2D eigenvalue weighted by Crippen LogP contribution is 2.16. The highest BCUT2D eigenvalue weighted by atomic mass is 16.2. The molecule has 0 aliphatic carbocycles. The topological polar surface area (TPSA) is 46.1 Å². The number of anilines is 1. The average Bonchev–Trinajstić information content (AvgIpc) is 2.46. The lowest BCUT2D eigenvalue weighted by Gasteiger charge is -2.17. The lowest BCUT2D eigenvalue weighted by atomic mass is 10.1. The van der Waals surface area contributed by atoms with Gasteiger partial charge in [-0.25, -0.2) is 4.98 Å². The molecule has 0 spiro atoms. The van der Waals surface area contributed by atoms with Gasteiger partial charge < -0.3 is 4.90 Å². The second-order valence-electron chi connectivity index (χ2n) is 5.12. The van der Waals surface area contributed by atoms with Gasteiger partial charge in [0.2, 0.25) is 0 Å². The van der Waals surface area contributed by atoms with Crippen molar-refractivity contribution in [2.45, 2.75) is 26.7 Å². The lowest BCUT2D eigenvalue weighted by Crippen LogP contribution is -2.27. The van der Waals surface area contributed by atoms with Crippen molar-refractivity contribution in [1.82, 2.24) is 9.97 Å². The molecule has 0 atom stereocenters. The van der Waals surface area contributed by atoms with Crippen LogP contribution < -0.4 is 4.90 Å². The minimum absolute atomic E-state index is 0.127. The fourth-order valence-electron chi connectivity index (χ4n) is 1.84. The van der Waals surface area contributed by atoms with E-state index in [0.717, 1.165) is 17.1 Å². The second-order valence-corrected chi connectivity index (χ2v) is 5.12. The van der Waals surface area contributed by atoms with Crippen molar-refractivity contribution in [2.24, 2.45) is 0 Å². The molecule has 2 aromatic heterocycles. The first kappa shape index (κ1) is 14.2. The summed E-state index contributed by atoms with van der Waals surface area (Å²) in [6.07, 6.45) is 1.69. The predicted molar refractivity (Wildman–Crippen MR) is 80.0 cm³/mol. The van der Waals surface area contributed by atoms with Crippen molar-refractivity contribution in [2.75, 3.05) is 11.9 Å². The van der Waals surface area contributed by atoms with E-state index in [-0.39, 0.29) is 5.91 Å². The van der Waals surface area contributed by atoms with E-state index in [1.165, 1.54) is 0 Å². The Bertz CT molecular complexity index is 605. The Morgan fingerprint density at radius 1 is 1.20 bits per heavy atom. The minimum atomic E-state index is -0.127. The molecule has 4 heteroatoms. The van der Waals surface area contributed by atoms with E-state index >= 15 is 0 Å². The first-order valence-electron chi connectivity index (χ1n) is 6.66. The zero-order valence-corrected chi connectivity index (χ0v) is 12.3. The van der Waals surface area contributed by atoms with Crippen molar-refractivity contribution < 1.29 is 4.79 Å². The molecule has 0 fully saturated rings. The maximum Gasteiger partial charge on any atom is 0.276 e. The van der Waals surface area contributed by atoms with Gasteiger partial charge >= 0.3 is 0 Å². The van der Waals surface area contributed by atoms with Crippen LogP contribution in [-0.2, 0) is 0 Å². The van der Waals surface area contributed by atoms with Crippen LogP contribution >= 0.6 is 0 Å². The average molecular weight is 269 g/mol. The summed E-state index contributed by atoms with van der Waals surface area (Å²) < 4.78 is 0. The summed E-state index contributed by atoms with van der Waals surface area (Å²) in [4.78, 5) is 22.6. The van der Waals surface area contributed by atoms with E-state index in [1.807, 2.05) is 31.2 Å². The fraction of sp³-hybridized carbons (Fsp3) is 0.312. The summed E-state index contributed by atoms with van der Waals surface area (Å²) in [7, 11) is 1.73. The summed E-state index contributed by atoms with van der Waals surface area (Å²) >= 11 is 0. The smallest absolute Gasteiger partial charge is 0.276 e. The van der Waals surface area contributed by atoms with Crippen molar-refractivity contribution in [3.63, 3.8) is 0 Å². The van der Waals surface area contributed by atoms with Crippen LogP contribution in [0.3, 0.4) is 0 Å². The minimum Gasteiger partial charge on any atom is -0.309 e. The molecule has 0 N–H and O–H groups in total. The van der Waals surface area contributed by atoms with E-state index in [0.29, 0.717) is 11.6 Å². The zero-order chi connectivity index (χ0) is 14.7. The molecule has 0 aliphatic rings. The zero-order valence-electron chi connectivity index (χ0n) is 12.3. The third kappa shape index (κ3) is 3.02. The number of pyridine rings is 2. The fourth-order valence-corrected chi connectivity index (χ4v) is 1.84. The van der Waals surface area contributed by atoms with E-state index in [9.17, 15) is 4.79 Å². The second kappa shape index (κ2) is 5.82. The summed E-state index contributed by atoms with van der Waals surface area (Å²) in [6.45, 7) is 6.04. The molecule has 0 aliphatic heterocycles. The number of aryl methyl sites for hydroxylation is 1. The quantitative estimate of drug-likeness (QED) is 0.859. The molecule has 0 bridgehead atoms. The standard InChI is InChI=1S/C16H19N3O/c1-11(2)14-6-5-7-15(18-14)16(20)19(4)13-9-8-12(3)17-10-13/h5-11H,1-4H3. The normalized spacial score (nSPS) is 10.7. The van der Waals surface area contributed by atoms with Gasteiger partial charge in [-0.15, -0.1) is 0 Å². The van der Waals surface area contributed by atoms with Crippen LogP contribution in [0.2, 0.25) is 0 Å².